The van der Waals surface area contributed by atoms with Gasteiger partial charge in [0.2, 0.25) is 0 Å². The Kier molecular flexibility index (Phi) is 3.76. The Morgan fingerprint density at radius 1 is 1.08 bits per heavy atom. The van der Waals surface area contributed by atoms with Crippen molar-refractivity contribution in [2.45, 2.75) is 31.2 Å². The summed E-state index contributed by atoms with van der Waals surface area (Å²) in [5.74, 6) is 0. The van der Waals surface area contributed by atoms with E-state index in [0.29, 0.717) is 5.54 Å². The lowest BCUT2D eigenvalue weighted by Crippen LogP contribution is -2.44. The Labute approximate surface area is 75.0 Å². The Bertz CT molecular complexity index is 122. The third-order valence-electron chi connectivity index (χ3n) is 2.78. The SMILES string of the molecule is C1CNC2(C1)CCOCC2.C=C. The van der Waals surface area contributed by atoms with Gasteiger partial charge in [-0.1, -0.05) is 0 Å². The van der Waals surface area contributed by atoms with Gasteiger partial charge >= 0.3 is 0 Å². The van der Waals surface area contributed by atoms with E-state index in [0.717, 1.165) is 13.2 Å². The van der Waals surface area contributed by atoms with Crippen molar-refractivity contribution >= 4 is 0 Å². The molecule has 2 aliphatic rings. The number of nitrogens with one attached hydrogen (secondary N) is 1. The fourth-order valence-electron chi connectivity index (χ4n) is 2.06. The molecular formula is C10H19NO. The molecule has 0 bridgehead atoms. The van der Waals surface area contributed by atoms with Gasteiger partial charge in [-0.15, -0.1) is 13.2 Å². The predicted octanol–water partition coefficient (Wildman–Crippen LogP) is 1.72. The lowest BCUT2D eigenvalue weighted by atomic mass is 9.89. The van der Waals surface area contributed by atoms with Crippen LogP contribution in [0.2, 0.25) is 0 Å². The van der Waals surface area contributed by atoms with Gasteiger partial charge in [0.05, 0.1) is 0 Å². The fourth-order valence-corrected chi connectivity index (χ4v) is 2.06. The van der Waals surface area contributed by atoms with Crippen LogP contribution in [0.15, 0.2) is 13.2 Å². The van der Waals surface area contributed by atoms with Gasteiger partial charge in [0.15, 0.2) is 0 Å². The summed E-state index contributed by atoms with van der Waals surface area (Å²) < 4.78 is 5.32. The first kappa shape index (κ1) is 9.75. The fraction of sp³-hybridized carbons (Fsp3) is 0.800. The molecule has 2 fully saturated rings. The monoisotopic (exact) mass is 169 g/mol. The van der Waals surface area contributed by atoms with Gasteiger partial charge in [0.1, 0.15) is 0 Å². The van der Waals surface area contributed by atoms with E-state index in [9.17, 15) is 0 Å². The molecule has 0 amide bonds. The molecular weight excluding hydrogens is 150 g/mol. The molecule has 0 atom stereocenters. The molecule has 0 radical (unpaired) electrons. The highest BCUT2D eigenvalue weighted by Crippen LogP contribution is 2.29. The summed E-state index contributed by atoms with van der Waals surface area (Å²) in [5, 5.41) is 3.59. The van der Waals surface area contributed by atoms with Crippen LogP contribution in [0.5, 0.6) is 0 Å². The Hall–Kier alpha value is -0.340. The molecule has 0 aliphatic carbocycles. The Morgan fingerprint density at radius 2 is 1.75 bits per heavy atom. The van der Waals surface area contributed by atoms with E-state index in [2.05, 4.69) is 18.5 Å². The topological polar surface area (TPSA) is 21.3 Å². The summed E-state index contributed by atoms with van der Waals surface area (Å²) in [6, 6.07) is 0. The Balaban J connectivity index is 0.000000336. The highest BCUT2D eigenvalue weighted by molar-refractivity contribution is 4.94. The van der Waals surface area contributed by atoms with Crippen molar-refractivity contribution in [2.75, 3.05) is 19.8 Å². The van der Waals surface area contributed by atoms with E-state index < -0.39 is 0 Å². The van der Waals surface area contributed by atoms with Gasteiger partial charge in [-0.2, -0.15) is 0 Å². The number of hydrogen-bond acceptors (Lipinski definition) is 2. The minimum absolute atomic E-state index is 0.498. The van der Waals surface area contributed by atoms with Crippen LogP contribution in [0.1, 0.15) is 25.7 Å². The maximum Gasteiger partial charge on any atom is 0.0483 e. The van der Waals surface area contributed by atoms with Gasteiger partial charge in [-0.25, -0.2) is 0 Å². The van der Waals surface area contributed by atoms with Gasteiger partial charge in [0, 0.05) is 18.8 Å². The van der Waals surface area contributed by atoms with Crippen LogP contribution in [0.3, 0.4) is 0 Å². The number of rotatable bonds is 0. The average molecular weight is 169 g/mol. The summed E-state index contributed by atoms with van der Waals surface area (Å²) in [5.41, 5.74) is 0.498. The zero-order valence-corrected chi connectivity index (χ0v) is 7.77. The molecule has 2 aliphatic heterocycles. The van der Waals surface area contributed by atoms with Crippen LogP contribution in [0.4, 0.5) is 0 Å². The van der Waals surface area contributed by atoms with Crippen molar-refractivity contribution < 1.29 is 4.74 Å². The van der Waals surface area contributed by atoms with Gasteiger partial charge in [-0.3, -0.25) is 0 Å². The lowest BCUT2D eigenvalue weighted by molar-refractivity contribution is 0.0458. The van der Waals surface area contributed by atoms with Crippen molar-refractivity contribution in [1.82, 2.24) is 5.32 Å². The molecule has 0 aromatic carbocycles. The molecule has 0 aromatic heterocycles. The molecule has 0 aromatic rings. The first-order valence-corrected chi connectivity index (χ1v) is 4.74. The van der Waals surface area contributed by atoms with Crippen molar-refractivity contribution in [2.24, 2.45) is 0 Å². The molecule has 0 saturated carbocycles. The normalized spacial score (nSPS) is 26.3. The minimum Gasteiger partial charge on any atom is -0.381 e. The third kappa shape index (κ3) is 2.08. The molecule has 1 N–H and O–H groups in total. The second-order valence-corrected chi connectivity index (χ2v) is 3.42. The van der Waals surface area contributed by atoms with E-state index >= 15 is 0 Å². The average Bonchev–Trinajstić information content (AvgIpc) is 2.58. The first-order chi connectivity index (χ1) is 5.91. The Morgan fingerprint density at radius 3 is 2.25 bits per heavy atom. The molecule has 2 rings (SSSR count). The second kappa shape index (κ2) is 4.63. The zero-order valence-electron chi connectivity index (χ0n) is 7.77. The van der Waals surface area contributed by atoms with Crippen LogP contribution in [0, 0.1) is 0 Å². The quantitative estimate of drug-likeness (QED) is 0.557. The van der Waals surface area contributed by atoms with E-state index in [4.69, 9.17) is 4.74 Å². The second-order valence-electron chi connectivity index (χ2n) is 3.42. The summed E-state index contributed by atoms with van der Waals surface area (Å²) in [7, 11) is 0. The largest absolute Gasteiger partial charge is 0.381 e. The lowest BCUT2D eigenvalue weighted by Gasteiger charge is -2.33. The van der Waals surface area contributed by atoms with E-state index in [1.807, 2.05) is 0 Å². The highest BCUT2D eigenvalue weighted by Gasteiger charge is 2.34. The molecule has 2 heteroatoms. The van der Waals surface area contributed by atoms with Gasteiger partial charge in [-0.05, 0) is 32.2 Å². The minimum atomic E-state index is 0.498. The van der Waals surface area contributed by atoms with Gasteiger partial charge < -0.3 is 10.1 Å². The predicted molar refractivity (Wildman–Crippen MR) is 51.3 cm³/mol. The van der Waals surface area contributed by atoms with Crippen LogP contribution in [0.25, 0.3) is 0 Å². The van der Waals surface area contributed by atoms with Crippen LogP contribution < -0.4 is 5.32 Å². The van der Waals surface area contributed by atoms with Crippen LogP contribution in [-0.4, -0.2) is 25.3 Å². The third-order valence-corrected chi connectivity index (χ3v) is 2.78. The molecule has 2 heterocycles. The van der Waals surface area contributed by atoms with Crippen molar-refractivity contribution in [3.05, 3.63) is 13.2 Å². The molecule has 0 unspecified atom stereocenters. The number of hydrogen-bond donors (Lipinski definition) is 1. The number of ether oxygens (including phenoxy) is 1. The summed E-state index contributed by atoms with van der Waals surface area (Å²) in [6.07, 6.45) is 5.19. The summed E-state index contributed by atoms with van der Waals surface area (Å²) in [6.45, 7) is 9.15. The van der Waals surface area contributed by atoms with Crippen LogP contribution in [-0.2, 0) is 4.74 Å². The molecule has 12 heavy (non-hydrogen) atoms. The molecule has 2 nitrogen and oxygen atoms in total. The van der Waals surface area contributed by atoms with E-state index in [-0.39, 0.29) is 0 Å². The molecule has 1 spiro atoms. The van der Waals surface area contributed by atoms with Crippen molar-refractivity contribution in [3.63, 3.8) is 0 Å². The molecule has 2 saturated heterocycles. The highest BCUT2D eigenvalue weighted by atomic mass is 16.5. The standard InChI is InChI=1S/C8H15NO.C2H4/c1-2-8(9-5-1)3-6-10-7-4-8;1-2/h9H,1-7H2;1-2H2. The summed E-state index contributed by atoms with van der Waals surface area (Å²) >= 11 is 0. The first-order valence-electron chi connectivity index (χ1n) is 4.74. The summed E-state index contributed by atoms with van der Waals surface area (Å²) in [4.78, 5) is 0. The van der Waals surface area contributed by atoms with Crippen molar-refractivity contribution in [3.8, 4) is 0 Å². The maximum atomic E-state index is 5.32. The maximum absolute atomic E-state index is 5.32. The van der Waals surface area contributed by atoms with Crippen molar-refractivity contribution in [1.29, 1.82) is 0 Å². The molecule has 70 valence electrons. The van der Waals surface area contributed by atoms with E-state index in [1.165, 1.54) is 32.2 Å². The zero-order chi connectivity index (χ0) is 8.86. The van der Waals surface area contributed by atoms with Gasteiger partial charge in [0.25, 0.3) is 0 Å². The van der Waals surface area contributed by atoms with E-state index in [1.54, 1.807) is 0 Å². The van der Waals surface area contributed by atoms with Crippen LogP contribution >= 0.6 is 0 Å². The smallest absolute Gasteiger partial charge is 0.0483 e.